The maximum absolute atomic E-state index is 8.81. The molecule has 0 aliphatic carbocycles. The SMILES string of the molecule is CC1CCC(CC(C)(C)C#N)O1. The Morgan fingerprint density at radius 2 is 2.17 bits per heavy atom. The fourth-order valence-electron chi connectivity index (χ4n) is 1.65. The molecule has 1 fully saturated rings. The molecule has 1 aliphatic rings. The Morgan fingerprint density at radius 3 is 2.58 bits per heavy atom. The minimum atomic E-state index is -0.227. The van der Waals surface area contributed by atoms with Gasteiger partial charge in [0.05, 0.1) is 23.7 Å². The normalized spacial score (nSPS) is 30.2. The molecule has 1 heterocycles. The van der Waals surface area contributed by atoms with Gasteiger partial charge in [0, 0.05) is 0 Å². The molecule has 0 amide bonds. The van der Waals surface area contributed by atoms with E-state index in [4.69, 9.17) is 10.00 Å². The third-order valence-electron chi connectivity index (χ3n) is 2.36. The number of hydrogen-bond acceptors (Lipinski definition) is 2. The third-order valence-corrected chi connectivity index (χ3v) is 2.36. The molecule has 2 unspecified atom stereocenters. The Labute approximate surface area is 74.5 Å². The summed E-state index contributed by atoms with van der Waals surface area (Å²) in [4.78, 5) is 0. The highest BCUT2D eigenvalue weighted by Crippen LogP contribution is 2.30. The minimum Gasteiger partial charge on any atom is -0.375 e. The molecule has 2 atom stereocenters. The largest absolute Gasteiger partial charge is 0.375 e. The molecule has 0 bridgehead atoms. The van der Waals surface area contributed by atoms with Crippen LogP contribution in [-0.2, 0) is 4.74 Å². The molecule has 1 saturated heterocycles. The summed E-state index contributed by atoms with van der Waals surface area (Å²) in [6, 6.07) is 2.30. The lowest BCUT2D eigenvalue weighted by Crippen LogP contribution is -2.19. The summed E-state index contributed by atoms with van der Waals surface area (Å²) in [5, 5.41) is 8.81. The second kappa shape index (κ2) is 3.45. The summed E-state index contributed by atoms with van der Waals surface area (Å²) >= 11 is 0. The van der Waals surface area contributed by atoms with Gasteiger partial charge in [-0.15, -0.1) is 0 Å². The van der Waals surface area contributed by atoms with Gasteiger partial charge in [-0.1, -0.05) is 0 Å². The predicted molar refractivity (Wildman–Crippen MR) is 47.6 cm³/mol. The molecule has 0 aromatic carbocycles. The molecule has 1 aliphatic heterocycles. The lowest BCUT2D eigenvalue weighted by molar-refractivity contribution is 0.0367. The zero-order valence-electron chi connectivity index (χ0n) is 8.13. The van der Waals surface area contributed by atoms with Crippen molar-refractivity contribution in [3.63, 3.8) is 0 Å². The van der Waals surface area contributed by atoms with Crippen LogP contribution in [0.5, 0.6) is 0 Å². The first-order valence-corrected chi connectivity index (χ1v) is 4.60. The molecule has 68 valence electrons. The maximum Gasteiger partial charge on any atom is 0.0684 e. The Bertz CT molecular complexity index is 193. The number of hydrogen-bond donors (Lipinski definition) is 0. The van der Waals surface area contributed by atoms with E-state index >= 15 is 0 Å². The number of rotatable bonds is 2. The molecule has 1 rings (SSSR count). The first kappa shape index (κ1) is 9.54. The van der Waals surface area contributed by atoms with Crippen molar-refractivity contribution in [1.29, 1.82) is 5.26 Å². The average molecular weight is 167 g/mol. The summed E-state index contributed by atoms with van der Waals surface area (Å²) in [5.74, 6) is 0. The van der Waals surface area contributed by atoms with E-state index < -0.39 is 0 Å². The van der Waals surface area contributed by atoms with Crippen LogP contribution < -0.4 is 0 Å². The van der Waals surface area contributed by atoms with Gasteiger partial charge in [-0.25, -0.2) is 0 Å². The highest BCUT2D eigenvalue weighted by Gasteiger charge is 2.28. The van der Waals surface area contributed by atoms with Crippen LogP contribution in [0.1, 0.15) is 40.0 Å². The van der Waals surface area contributed by atoms with Crippen molar-refractivity contribution < 1.29 is 4.74 Å². The van der Waals surface area contributed by atoms with E-state index in [0.717, 1.165) is 19.3 Å². The van der Waals surface area contributed by atoms with Gasteiger partial charge in [0.2, 0.25) is 0 Å². The first-order chi connectivity index (χ1) is 5.53. The van der Waals surface area contributed by atoms with Crippen LogP contribution in [0.25, 0.3) is 0 Å². The van der Waals surface area contributed by atoms with E-state index in [0.29, 0.717) is 12.2 Å². The molecule has 0 aromatic heterocycles. The van der Waals surface area contributed by atoms with Crippen LogP contribution in [-0.4, -0.2) is 12.2 Å². The summed E-state index contributed by atoms with van der Waals surface area (Å²) in [5.41, 5.74) is -0.227. The Hall–Kier alpha value is -0.550. The molecule has 0 aromatic rings. The monoisotopic (exact) mass is 167 g/mol. The van der Waals surface area contributed by atoms with Crippen LogP contribution in [0.15, 0.2) is 0 Å². The van der Waals surface area contributed by atoms with E-state index in [-0.39, 0.29) is 5.41 Å². The molecule has 0 saturated carbocycles. The maximum atomic E-state index is 8.81. The van der Waals surface area contributed by atoms with Gasteiger partial charge in [0.25, 0.3) is 0 Å². The Balaban J connectivity index is 2.38. The zero-order chi connectivity index (χ0) is 9.19. The van der Waals surface area contributed by atoms with Crippen LogP contribution in [0.4, 0.5) is 0 Å². The summed E-state index contributed by atoms with van der Waals surface area (Å²) in [6.07, 6.45) is 3.84. The quantitative estimate of drug-likeness (QED) is 0.633. The molecule has 0 N–H and O–H groups in total. The van der Waals surface area contributed by atoms with E-state index in [9.17, 15) is 0 Å². The van der Waals surface area contributed by atoms with Crippen LogP contribution >= 0.6 is 0 Å². The van der Waals surface area contributed by atoms with Gasteiger partial charge >= 0.3 is 0 Å². The zero-order valence-corrected chi connectivity index (χ0v) is 8.13. The second-order valence-corrected chi connectivity index (χ2v) is 4.35. The van der Waals surface area contributed by atoms with Gasteiger partial charge in [-0.2, -0.15) is 5.26 Å². The molecular formula is C10H17NO. The predicted octanol–water partition coefficient (Wildman–Crippen LogP) is 2.49. The van der Waals surface area contributed by atoms with Gasteiger partial charge < -0.3 is 4.74 Å². The summed E-state index contributed by atoms with van der Waals surface area (Å²) in [6.45, 7) is 6.04. The molecule has 2 nitrogen and oxygen atoms in total. The molecule has 0 spiro atoms. The lowest BCUT2D eigenvalue weighted by atomic mass is 9.88. The minimum absolute atomic E-state index is 0.227. The number of nitriles is 1. The highest BCUT2D eigenvalue weighted by molar-refractivity contribution is 4.94. The van der Waals surface area contributed by atoms with Gasteiger partial charge in [-0.3, -0.25) is 0 Å². The average Bonchev–Trinajstić information content (AvgIpc) is 2.35. The van der Waals surface area contributed by atoms with E-state index in [1.54, 1.807) is 0 Å². The van der Waals surface area contributed by atoms with Gasteiger partial charge in [-0.05, 0) is 40.0 Å². The van der Waals surface area contributed by atoms with Crippen molar-refractivity contribution >= 4 is 0 Å². The fourth-order valence-corrected chi connectivity index (χ4v) is 1.65. The standard InChI is InChI=1S/C10H17NO/c1-8-4-5-9(12-8)6-10(2,3)7-11/h8-9H,4-6H2,1-3H3. The van der Waals surface area contributed by atoms with Crippen LogP contribution in [0, 0.1) is 16.7 Å². The fraction of sp³-hybridized carbons (Fsp3) is 0.900. The van der Waals surface area contributed by atoms with Crippen molar-refractivity contribution in [1.82, 2.24) is 0 Å². The van der Waals surface area contributed by atoms with Crippen molar-refractivity contribution in [2.45, 2.75) is 52.2 Å². The van der Waals surface area contributed by atoms with Crippen molar-refractivity contribution in [3.05, 3.63) is 0 Å². The number of nitrogens with zero attached hydrogens (tertiary/aromatic N) is 1. The molecule has 2 heteroatoms. The molecule has 0 radical (unpaired) electrons. The van der Waals surface area contributed by atoms with E-state index in [1.165, 1.54) is 0 Å². The third kappa shape index (κ3) is 2.49. The molecule has 12 heavy (non-hydrogen) atoms. The molecular weight excluding hydrogens is 150 g/mol. The first-order valence-electron chi connectivity index (χ1n) is 4.60. The summed E-state index contributed by atoms with van der Waals surface area (Å²) < 4.78 is 5.65. The van der Waals surface area contributed by atoms with Crippen molar-refractivity contribution in [2.24, 2.45) is 5.41 Å². The smallest absolute Gasteiger partial charge is 0.0684 e. The highest BCUT2D eigenvalue weighted by atomic mass is 16.5. The van der Waals surface area contributed by atoms with E-state index in [1.807, 2.05) is 13.8 Å². The van der Waals surface area contributed by atoms with Gasteiger partial charge in [0.1, 0.15) is 0 Å². The topological polar surface area (TPSA) is 33.0 Å². The van der Waals surface area contributed by atoms with Gasteiger partial charge in [0.15, 0.2) is 0 Å². The van der Waals surface area contributed by atoms with Crippen LogP contribution in [0.2, 0.25) is 0 Å². The Morgan fingerprint density at radius 1 is 1.50 bits per heavy atom. The van der Waals surface area contributed by atoms with Crippen molar-refractivity contribution in [3.8, 4) is 6.07 Å². The van der Waals surface area contributed by atoms with E-state index in [2.05, 4.69) is 13.0 Å². The second-order valence-electron chi connectivity index (χ2n) is 4.35. The Kier molecular flexibility index (Phi) is 2.74. The number of ether oxygens (including phenoxy) is 1. The lowest BCUT2D eigenvalue weighted by Gasteiger charge is -2.19. The van der Waals surface area contributed by atoms with Crippen LogP contribution in [0.3, 0.4) is 0 Å². The summed E-state index contributed by atoms with van der Waals surface area (Å²) in [7, 11) is 0. The van der Waals surface area contributed by atoms with Crippen molar-refractivity contribution in [2.75, 3.05) is 0 Å².